The van der Waals surface area contributed by atoms with Crippen LogP contribution < -0.4 is 10.2 Å². The van der Waals surface area contributed by atoms with E-state index < -0.39 is 29.8 Å². The first-order chi connectivity index (χ1) is 12.2. The molecule has 0 fully saturated rings. The van der Waals surface area contributed by atoms with Crippen molar-refractivity contribution in [1.29, 1.82) is 0 Å². The van der Waals surface area contributed by atoms with Gasteiger partial charge in [0.05, 0.1) is 23.9 Å². The van der Waals surface area contributed by atoms with E-state index in [1.165, 1.54) is 7.11 Å². The maximum absolute atomic E-state index is 12.7. The lowest BCUT2D eigenvalue weighted by Crippen LogP contribution is -2.49. The maximum Gasteiger partial charge on any atom is 0.406 e. The van der Waals surface area contributed by atoms with Gasteiger partial charge in [-0.25, -0.2) is 0 Å². The van der Waals surface area contributed by atoms with Gasteiger partial charge < -0.3 is 19.4 Å². The molecule has 0 spiro atoms. The van der Waals surface area contributed by atoms with E-state index >= 15 is 0 Å². The van der Waals surface area contributed by atoms with Crippen molar-refractivity contribution in [2.75, 3.05) is 20.2 Å². The highest BCUT2D eigenvalue weighted by molar-refractivity contribution is 6.47. The number of methoxy groups -OCH3 is 1. The number of hydrogen-bond acceptors (Lipinski definition) is 4. The predicted molar refractivity (Wildman–Crippen MR) is 96.9 cm³/mol. The van der Waals surface area contributed by atoms with Gasteiger partial charge in [0, 0.05) is 6.54 Å². The number of nitrogens with zero attached hydrogens (tertiary/aromatic N) is 1. The summed E-state index contributed by atoms with van der Waals surface area (Å²) in [5.74, 6) is -0.459. The molecular weight excluding hydrogens is 362 g/mol. The molecule has 0 unspecified atom stereocenters. The molecule has 1 heterocycles. The Morgan fingerprint density at radius 3 is 2.37 bits per heavy atom. The minimum atomic E-state index is -4.45. The lowest BCUT2D eigenvalue weighted by Gasteiger charge is -2.37. The number of halogens is 3. The first kappa shape index (κ1) is 21.6. The fourth-order valence-corrected chi connectivity index (χ4v) is 2.74. The summed E-state index contributed by atoms with van der Waals surface area (Å²) >= 11 is 0. The molecule has 0 bridgehead atoms. The van der Waals surface area contributed by atoms with Crippen molar-refractivity contribution < 1.29 is 32.5 Å². The normalized spacial score (nSPS) is 15.6. The molecule has 0 aliphatic carbocycles. The van der Waals surface area contributed by atoms with Gasteiger partial charge in [-0.2, -0.15) is 13.2 Å². The van der Waals surface area contributed by atoms with Gasteiger partial charge in [0.15, 0.2) is 0 Å². The Kier molecular flexibility index (Phi) is 5.87. The second-order valence-corrected chi connectivity index (χ2v) is 7.78. The fourth-order valence-electron chi connectivity index (χ4n) is 2.74. The number of hydrogen-bond donors (Lipinski definition) is 1. The zero-order valence-corrected chi connectivity index (χ0v) is 16.2. The highest BCUT2D eigenvalue weighted by Crippen LogP contribution is 2.30. The minimum Gasteiger partial charge on any atom is -0.496 e. The minimum absolute atomic E-state index is 0.00598. The average Bonchev–Trinajstić information content (AvgIpc) is 2.52. The molecule has 1 amide bonds. The van der Waals surface area contributed by atoms with Gasteiger partial charge in [-0.3, -0.25) is 4.79 Å². The first-order valence-electron chi connectivity index (χ1n) is 8.67. The second kappa shape index (κ2) is 7.35. The summed E-state index contributed by atoms with van der Waals surface area (Å²) in [6.07, 6.45) is -4.15. The van der Waals surface area contributed by atoms with Crippen molar-refractivity contribution in [3.63, 3.8) is 0 Å². The van der Waals surface area contributed by atoms with Gasteiger partial charge >= 0.3 is 13.7 Å². The van der Waals surface area contributed by atoms with E-state index in [4.69, 9.17) is 9.39 Å². The Bertz CT molecular complexity index is 697. The quantitative estimate of drug-likeness (QED) is 0.757. The van der Waals surface area contributed by atoms with Crippen LogP contribution in [0.3, 0.4) is 0 Å². The second-order valence-electron chi connectivity index (χ2n) is 7.78. The highest BCUT2D eigenvalue weighted by Gasteiger charge is 2.38. The molecule has 0 aromatic heterocycles. The standard InChI is InChI=1S/C18H25BF3NO4/c1-16(2,25)17(3,4)27-19-12-8-11-6-7-23(10-18(20,21)22)15(24)14(11)13(9-12)26-5/h8-9,19,25H,6-7,10H2,1-5H3. The molecule has 0 atom stereocenters. The fraction of sp³-hybridized carbons (Fsp3) is 0.611. The summed E-state index contributed by atoms with van der Waals surface area (Å²) in [6.45, 7) is 5.54. The molecule has 9 heteroatoms. The van der Waals surface area contributed by atoms with Gasteiger partial charge in [0.2, 0.25) is 0 Å². The largest absolute Gasteiger partial charge is 0.496 e. The van der Waals surface area contributed by atoms with Crippen LogP contribution in [0.15, 0.2) is 12.1 Å². The molecule has 2 rings (SSSR count). The number of aliphatic hydroxyl groups is 1. The molecule has 0 radical (unpaired) electrons. The summed E-state index contributed by atoms with van der Waals surface area (Å²) in [5.41, 5.74) is -0.370. The molecule has 1 aliphatic heterocycles. The zero-order valence-electron chi connectivity index (χ0n) is 16.2. The molecule has 1 aliphatic rings. The number of benzene rings is 1. The van der Waals surface area contributed by atoms with Gasteiger partial charge in [-0.1, -0.05) is 6.07 Å². The number of carbonyl (C=O) groups is 1. The zero-order chi connectivity index (χ0) is 20.6. The Labute approximate surface area is 157 Å². The van der Waals surface area contributed by atoms with Crippen LogP contribution in [0.25, 0.3) is 0 Å². The summed E-state index contributed by atoms with van der Waals surface area (Å²) in [5, 5.41) is 10.2. The summed E-state index contributed by atoms with van der Waals surface area (Å²) in [6, 6.07) is 3.34. The lowest BCUT2D eigenvalue weighted by atomic mass is 9.80. The van der Waals surface area contributed by atoms with Crippen LogP contribution in [0.2, 0.25) is 0 Å². The van der Waals surface area contributed by atoms with Crippen LogP contribution in [0.5, 0.6) is 5.75 Å². The van der Waals surface area contributed by atoms with Crippen LogP contribution in [0.4, 0.5) is 13.2 Å². The van der Waals surface area contributed by atoms with Gasteiger partial charge in [-0.15, -0.1) is 0 Å². The van der Waals surface area contributed by atoms with E-state index in [1.807, 2.05) is 0 Å². The number of ether oxygens (including phenoxy) is 1. The molecule has 0 saturated heterocycles. The Morgan fingerprint density at radius 1 is 1.22 bits per heavy atom. The van der Waals surface area contributed by atoms with Crippen molar-refractivity contribution in [1.82, 2.24) is 4.90 Å². The van der Waals surface area contributed by atoms with Gasteiger partial charge in [-0.05, 0) is 51.2 Å². The summed E-state index contributed by atoms with van der Waals surface area (Å²) in [4.78, 5) is 13.3. The average molecular weight is 387 g/mol. The number of alkyl halides is 3. The van der Waals surface area contributed by atoms with Crippen LogP contribution in [-0.2, 0) is 11.1 Å². The summed E-state index contributed by atoms with van der Waals surface area (Å²) in [7, 11) is 1.54. The third kappa shape index (κ3) is 4.96. The van der Waals surface area contributed by atoms with E-state index in [0.717, 1.165) is 10.4 Å². The van der Waals surface area contributed by atoms with Gasteiger partial charge in [0.25, 0.3) is 5.91 Å². The van der Waals surface area contributed by atoms with Crippen molar-refractivity contribution in [3.8, 4) is 5.75 Å². The molecule has 1 N–H and O–H groups in total. The van der Waals surface area contributed by atoms with Gasteiger partial charge in [0.1, 0.15) is 12.3 Å². The molecule has 150 valence electrons. The van der Waals surface area contributed by atoms with E-state index in [9.17, 15) is 23.1 Å². The van der Waals surface area contributed by atoms with Crippen molar-refractivity contribution in [3.05, 3.63) is 23.3 Å². The molecule has 5 nitrogen and oxygen atoms in total. The Morgan fingerprint density at radius 2 is 1.85 bits per heavy atom. The molecule has 1 aromatic rings. The number of fused-ring (bicyclic) bond motifs is 1. The topological polar surface area (TPSA) is 59.0 Å². The third-order valence-corrected chi connectivity index (χ3v) is 5.06. The van der Waals surface area contributed by atoms with E-state index in [0.29, 0.717) is 12.0 Å². The third-order valence-electron chi connectivity index (χ3n) is 5.06. The van der Waals surface area contributed by atoms with E-state index in [-0.39, 0.29) is 25.3 Å². The molecular formula is C18H25BF3NO4. The van der Waals surface area contributed by atoms with Crippen LogP contribution in [0.1, 0.15) is 43.6 Å². The first-order valence-corrected chi connectivity index (χ1v) is 8.67. The number of rotatable bonds is 6. The van der Waals surface area contributed by atoms with Crippen molar-refractivity contribution in [2.45, 2.75) is 51.5 Å². The number of carbonyl (C=O) groups excluding carboxylic acids is 1. The van der Waals surface area contributed by atoms with Crippen LogP contribution >= 0.6 is 0 Å². The Hall–Kier alpha value is -1.74. The van der Waals surface area contributed by atoms with Crippen LogP contribution in [-0.4, -0.2) is 61.0 Å². The molecule has 27 heavy (non-hydrogen) atoms. The van der Waals surface area contributed by atoms with E-state index in [1.54, 1.807) is 39.8 Å². The monoisotopic (exact) mass is 387 g/mol. The Balaban J connectivity index is 2.27. The lowest BCUT2D eigenvalue weighted by molar-refractivity contribution is -0.141. The van der Waals surface area contributed by atoms with Crippen LogP contribution in [0, 0.1) is 0 Å². The number of amides is 1. The molecule has 1 aromatic carbocycles. The maximum atomic E-state index is 12.7. The van der Waals surface area contributed by atoms with E-state index in [2.05, 4.69) is 0 Å². The smallest absolute Gasteiger partial charge is 0.406 e. The summed E-state index contributed by atoms with van der Waals surface area (Å²) < 4.78 is 49.1. The predicted octanol–water partition coefficient (Wildman–Crippen LogP) is 1.80. The van der Waals surface area contributed by atoms with Crippen molar-refractivity contribution in [2.24, 2.45) is 0 Å². The highest BCUT2D eigenvalue weighted by atomic mass is 19.4. The SMILES string of the molecule is COc1cc(BOC(C)(C)C(C)(C)O)cc2c1C(=O)N(CC(F)(F)F)CC2. The molecule has 0 saturated carbocycles. The van der Waals surface area contributed by atoms with Crippen molar-refractivity contribution >= 4 is 18.9 Å².